The van der Waals surface area contributed by atoms with E-state index in [4.69, 9.17) is 15.7 Å². The first-order chi connectivity index (χ1) is 13.8. The third kappa shape index (κ3) is 3.26. The van der Waals surface area contributed by atoms with Crippen LogP contribution in [-0.4, -0.2) is 35.6 Å². The van der Waals surface area contributed by atoms with Gasteiger partial charge in [-0.15, -0.1) is 0 Å². The van der Waals surface area contributed by atoms with Crippen LogP contribution < -0.4 is 16.0 Å². The molecule has 0 saturated carbocycles. The minimum Gasteiger partial charge on any atom is -0.368 e. The van der Waals surface area contributed by atoms with Crippen molar-refractivity contribution < 1.29 is 0 Å². The van der Waals surface area contributed by atoms with Crippen LogP contribution in [0.2, 0.25) is 0 Å². The predicted octanol–water partition coefficient (Wildman–Crippen LogP) is 3.50. The van der Waals surface area contributed by atoms with Crippen LogP contribution in [0.5, 0.6) is 0 Å². The van der Waals surface area contributed by atoms with E-state index < -0.39 is 0 Å². The molecule has 2 aromatic rings. The summed E-state index contributed by atoms with van der Waals surface area (Å²) >= 11 is 0. The molecule has 1 aliphatic carbocycles. The van der Waals surface area contributed by atoms with Gasteiger partial charge in [0.1, 0.15) is 5.82 Å². The summed E-state index contributed by atoms with van der Waals surface area (Å²) in [5.41, 5.74) is 10.1. The normalized spacial score (nSPS) is 27.6. The lowest BCUT2D eigenvalue weighted by molar-refractivity contribution is 0.316. The number of nitrogen functional groups attached to an aromatic ring is 1. The van der Waals surface area contributed by atoms with Crippen molar-refractivity contribution in [1.82, 2.24) is 15.3 Å². The van der Waals surface area contributed by atoms with Crippen molar-refractivity contribution in [3.8, 4) is 0 Å². The lowest BCUT2D eigenvalue weighted by atomic mass is 9.81. The van der Waals surface area contributed by atoms with Crippen LogP contribution in [0.15, 0.2) is 30.3 Å². The van der Waals surface area contributed by atoms with E-state index in [1.54, 1.807) is 0 Å². The molecule has 5 heteroatoms. The number of nitrogens with two attached hydrogens (primary N) is 1. The second-order valence-electron chi connectivity index (χ2n) is 8.63. The molecule has 5 rings (SSSR count). The summed E-state index contributed by atoms with van der Waals surface area (Å²) in [6, 6.07) is 11.4. The van der Waals surface area contributed by atoms with Gasteiger partial charge >= 0.3 is 0 Å². The van der Waals surface area contributed by atoms with Crippen molar-refractivity contribution in [3.05, 3.63) is 47.2 Å². The van der Waals surface area contributed by atoms with Crippen LogP contribution in [-0.2, 0) is 6.42 Å². The van der Waals surface area contributed by atoms with Gasteiger partial charge in [0.05, 0.1) is 5.69 Å². The van der Waals surface area contributed by atoms with Crippen LogP contribution in [0, 0.1) is 5.92 Å². The number of benzene rings is 1. The molecule has 1 aromatic carbocycles. The van der Waals surface area contributed by atoms with Crippen molar-refractivity contribution in [2.45, 2.75) is 56.9 Å². The zero-order valence-corrected chi connectivity index (χ0v) is 16.6. The van der Waals surface area contributed by atoms with Crippen molar-refractivity contribution in [2.24, 2.45) is 5.92 Å². The first kappa shape index (κ1) is 17.9. The summed E-state index contributed by atoms with van der Waals surface area (Å²) in [5.74, 6) is 2.63. The van der Waals surface area contributed by atoms with E-state index in [-0.39, 0.29) is 0 Å². The first-order valence-electron chi connectivity index (χ1n) is 11.0. The van der Waals surface area contributed by atoms with Gasteiger partial charge in [-0.25, -0.2) is 4.98 Å². The molecular weight excluding hydrogens is 346 g/mol. The molecule has 2 saturated heterocycles. The number of piperidine rings is 1. The lowest BCUT2D eigenvalue weighted by Gasteiger charge is -2.43. The Labute approximate surface area is 167 Å². The van der Waals surface area contributed by atoms with Crippen LogP contribution >= 0.6 is 0 Å². The molecule has 2 fully saturated rings. The fourth-order valence-corrected chi connectivity index (χ4v) is 5.65. The minimum absolute atomic E-state index is 0.338. The molecule has 1 aromatic heterocycles. The molecule has 28 heavy (non-hydrogen) atoms. The largest absolute Gasteiger partial charge is 0.368 e. The highest BCUT2D eigenvalue weighted by Crippen LogP contribution is 2.41. The SMILES string of the molecule is Nc1nc2c(c(N3CCCC4CNCCCC43)n1)CCCC2c1ccccc1. The molecule has 2 aliphatic heterocycles. The summed E-state index contributed by atoms with van der Waals surface area (Å²) < 4.78 is 0. The number of nitrogens with one attached hydrogen (secondary N) is 1. The molecule has 5 nitrogen and oxygen atoms in total. The number of nitrogens with zero attached hydrogens (tertiary/aromatic N) is 3. The molecule has 0 amide bonds. The average molecular weight is 378 g/mol. The number of rotatable bonds is 2. The van der Waals surface area contributed by atoms with Gasteiger partial charge < -0.3 is 16.0 Å². The summed E-state index contributed by atoms with van der Waals surface area (Å²) in [6.45, 7) is 3.37. The highest BCUT2D eigenvalue weighted by atomic mass is 15.3. The Balaban J connectivity index is 1.56. The molecule has 0 bridgehead atoms. The summed E-state index contributed by atoms with van der Waals surface area (Å²) in [6.07, 6.45) is 8.46. The molecule has 0 radical (unpaired) electrons. The van der Waals surface area contributed by atoms with Crippen molar-refractivity contribution in [3.63, 3.8) is 0 Å². The topological polar surface area (TPSA) is 67.1 Å². The monoisotopic (exact) mass is 377 g/mol. The number of hydrogen-bond acceptors (Lipinski definition) is 5. The Hall–Kier alpha value is -2.14. The van der Waals surface area contributed by atoms with E-state index in [1.807, 2.05) is 0 Å². The van der Waals surface area contributed by atoms with E-state index in [0.29, 0.717) is 17.9 Å². The average Bonchev–Trinajstić information content (AvgIpc) is 2.99. The van der Waals surface area contributed by atoms with E-state index in [9.17, 15) is 0 Å². The summed E-state index contributed by atoms with van der Waals surface area (Å²) in [4.78, 5) is 12.2. The Kier molecular flexibility index (Phi) is 4.93. The van der Waals surface area contributed by atoms with E-state index in [0.717, 1.165) is 44.2 Å². The van der Waals surface area contributed by atoms with Crippen LogP contribution in [0.3, 0.4) is 0 Å². The van der Waals surface area contributed by atoms with Crippen molar-refractivity contribution in [2.75, 3.05) is 30.3 Å². The number of hydrogen-bond donors (Lipinski definition) is 2. The second-order valence-corrected chi connectivity index (χ2v) is 8.63. The molecule has 0 spiro atoms. The Morgan fingerprint density at radius 1 is 1.00 bits per heavy atom. The molecule has 3 heterocycles. The molecule has 3 aliphatic rings. The smallest absolute Gasteiger partial charge is 0.222 e. The Bertz CT molecular complexity index is 821. The van der Waals surface area contributed by atoms with Gasteiger partial charge in [0.15, 0.2) is 0 Å². The standard InChI is InChI=1S/C23H31N5/c24-23-26-21-18(16-7-2-1-3-8-16)10-4-11-19(21)22(27-23)28-14-6-9-17-15-25-13-5-12-20(17)28/h1-3,7-8,17-18,20,25H,4-6,9-15H2,(H2,24,26,27). The lowest BCUT2D eigenvalue weighted by Crippen LogP contribution is -2.48. The fourth-order valence-electron chi connectivity index (χ4n) is 5.65. The zero-order valence-electron chi connectivity index (χ0n) is 16.6. The second kappa shape index (κ2) is 7.70. The molecule has 3 N–H and O–H groups in total. The summed E-state index contributed by atoms with van der Waals surface area (Å²) in [5, 5.41) is 3.64. The van der Waals surface area contributed by atoms with Gasteiger partial charge in [-0.3, -0.25) is 0 Å². The number of aromatic nitrogens is 2. The fraction of sp³-hybridized carbons (Fsp3) is 0.565. The van der Waals surface area contributed by atoms with Gasteiger partial charge in [0.2, 0.25) is 5.95 Å². The maximum atomic E-state index is 6.27. The molecular formula is C23H31N5. The van der Waals surface area contributed by atoms with E-state index in [1.165, 1.54) is 48.9 Å². The van der Waals surface area contributed by atoms with Gasteiger partial charge in [0.25, 0.3) is 0 Å². The maximum Gasteiger partial charge on any atom is 0.222 e. The third-order valence-electron chi connectivity index (χ3n) is 6.94. The highest BCUT2D eigenvalue weighted by molar-refractivity contribution is 5.56. The van der Waals surface area contributed by atoms with Gasteiger partial charge in [-0.1, -0.05) is 30.3 Å². The molecule has 3 unspecified atom stereocenters. The van der Waals surface area contributed by atoms with Gasteiger partial charge in [0, 0.05) is 24.1 Å². The highest BCUT2D eigenvalue weighted by Gasteiger charge is 2.36. The third-order valence-corrected chi connectivity index (χ3v) is 6.94. The molecule has 148 valence electrons. The number of anilines is 2. The Morgan fingerprint density at radius 2 is 1.89 bits per heavy atom. The van der Waals surface area contributed by atoms with E-state index >= 15 is 0 Å². The molecule has 3 atom stereocenters. The maximum absolute atomic E-state index is 6.27. The zero-order chi connectivity index (χ0) is 18.9. The first-order valence-corrected chi connectivity index (χ1v) is 11.0. The quantitative estimate of drug-likeness (QED) is 0.838. The summed E-state index contributed by atoms with van der Waals surface area (Å²) in [7, 11) is 0. The van der Waals surface area contributed by atoms with Crippen molar-refractivity contribution >= 4 is 11.8 Å². The van der Waals surface area contributed by atoms with Gasteiger partial charge in [-0.05, 0) is 69.5 Å². The van der Waals surface area contributed by atoms with Crippen molar-refractivity contribution in [1.29, 1.82) is 0 Å². The van der Waals surface area contributed by atoms with Crippen LogP contribution in [0.4, 0.5) is 11.8 Å². The van der Waals surface area contributed by atoms with Crippen LogP contribution in [0.25, 0.3) is 0 Å². The van der Waals surface area contributed by atoms with Gasteiger partial charge in [-0.2, -0.15) is 4.98 Å². The number of fused-ring (bicyclic) bond motifs is 2. The Morgan fingerprint density at radius 3 is 2.79 bits per heavy atom. The minimum atomic E-state index is 0.338. The predicted molar refractivity (Wildman–Crippen MR) is 114 cm³/mol. The van der Waals surface area contributed by atoms with Crippen LogP contribution in [0.1, 0.15) is 61.3 Å². The van der Waals surface area contributed by atoms with E-state index in [2.05, 4.69) is 40.5 Å².